The highest BCUT2D eigenvalue weighted by Crippen LogP contribution is 2.63. The van der Waals surface area contributed by atoms with E-state index in [9.17, 15) is 5.11 Å². The van der Waals surface area contributed by atoms with E-state index in [0.29, 0.717) is 18.0 Å². The first-order valence-electron chi connectivity index (χ1n) is 10.7. The lowest BCUT2D eigenvalue weighted by Gasteiger charge is -2.38. The lowest BCUT2D eigenvalue weighted by atomic mass is 9.73. The van der Waals surface area contributed by atoms with Gasteiger partial charge in [0.25, 0.3) is 0 Å². The fraction of sp³-hybridized carbons (Fsp3) is 1.00. The number of aliphatic hydroxyl groups is 1. The van der Waals surface area contributed by atoms with Crippen LogP contribution in [-0.4, -0.2) is 33.1 Å². The fourth-order valence-electron chi connectivity index (χ4n) is 5.00. The van der Waals surface area contributed by atoms with Crippen molar-refractivity contribution in [1.82, 2.24) is 4.67 Å². The van der Waals surface area contributed by atoms with Crippen LogP contribution < -0.4 is 0 Å². The number of hydrogen-bond donors (Lipinski definition) is 1. The number of hydrogen-bond acceptors (Lipinski definition) is 3. The third-order valence-corrected chi connectivity index (χ3v) is 8.94. The maximum absolute atomic E-state index is 10.1. The molecule has 2 aliphatic carbocycles. The molecule has 0 aromatic rings. The van der Waals surface area contributed by atoms with Crippen LogP contribution in [0.25, 0.3) is 0 Å². The molecule has 0 aromatic heterocycles. The van der Waals surface area contributed by atoms with Gasteiger partial charge in [-0.15, -0.1) is 0 Å². The summed E-state index contributed by atoms with van der Waals surface area (Å²) in [7, 11) is -0.861. The molecule has 5 atom stereocenters. The van der Waals surface area contributed by atoms with E-state index >= 15 is 0 Å². The van der Waals surface area contributed by atoms with E-state index in [-0.39, 0.29) is 38.2 Å². The van der Waals surface area contributed by atoms with E-state index in [1.54, 1.807) is 0 Å². The van der Waals surface area contributed by atoms with Crippen molar-refractivity contribution in [2.75, 3.05) is 0 Å². The van der Waals surface area contributed by atoms with Gasteiger partial charge in [0.05, 0.1) is 11.2 Å². The summed E-state index contributed by atoms with van der Waals surface area (Å²) in [6, 6.07) is 1.06. The molecule has 1 unspecified atom stereocenters. The molecular weight excluding hydrogens is 429 g/mol. The van der Waals surface area contributed by atoms with Crippen molar-refractivity contribution < 1.29 is 9.63 Å². The molecule has 1 aliphatic heterocycles. The first-order chi connectivity index (χ1) is 12.1. The van der Waals surface area contributed by atoms with Crippen molar-refractivity contribution in [3.8, 4) is 0 Å². The molecular formula is C21H45ClNO2PS2. The average Bonchev–Trinajstić information content (AvgIpc) is 2.79. The second-order valence-corrected chi connectivity index (χ2v) is 11.8. The van der Waals surface area contributed by atoms with Crippen LogP contribution in [0.2, 0.25) is 0 Å². The van der Waals surface area contributed by atoms with Gasteiger partial charge in [0.2, 0.25) is 7.65 Å². The topological polar surface area (TPSA) is 32.7 Å². The quantitative estimate of drug-likeness (QED) is 0.444. The molecule has 3 rings (SSSR count). The number of halogens is 1. The van der Waals surface area contributed by atoms with Crippen LogP contribution in [0.5, 0.6) is 0 Å². The molecule has 2 saturated carbocycles. The normalized spacial score (nSPS) is 38.1. The van der Waals surface area contributed by atoms with E-state index in [4.69, 9.17) is 15.8 Å². The lowest BCUT2D eigenvalue weighted by molar-refractivity contribution is -0.0392. The Morgan fingerprint density at radius 1 is 1.04 bits per heavy atom. The molecule has 0 radical (unpaired) electrons. The first-order valence-corrected chi connectivity index (χ1v) is 12.8. The van der Waals surface area contributed by atoms with Crippen LogP contribution in [0.4, 0.5) is 0 Å². The molecule has 0 amide bonds. The van der Waals surface area contributed by atoms with Crippen LogP contribution in [0, 0.1) is 11.8 Å². The van der Waals surface area contributed by atoms with Crippen LogP contribution in [0.15, 0.2) is 0 Å². The van der Waals surface area contributed by atoms with Crippen LogP contribution in [0.3, 0.4) is 0 Å². The molecule has 3 nitrogen and oxygen atoms in total. The summed E-state index contributed by atoms with van der Waals surface area (Å²) in [5.74, 6) is 1.27. The zero-order valence-corrected chi connectivity index (χ0v) is 22.5. The molecule has 3 fully saturated rings. The summed E-state index contributed by atoms with van der Waals surface area (Å²) < 4.78 is 8.37. The maximum Gasteiger partial charge on any atom is 0.207 e. The minimum Gasteiger partial charge on any atom is -0.390 e. The van der Waals surface area contributed by atoms with E-state index in [2.05, 4.69) is 39.3 Å². The van der Waals surface area contributed by atoms with E-state index in [1.807, 2.05) is 6.92 Å². The van der Waals surface area contributed by atoms with Gasteiger partial charge in [-0.1, -0.05) is 39.5 Å². The van der Waals surface area contributed by atoms with Gasteiger partial charge in [-0.05, 0) is 82.9 Å². The molecule has 7 heteroatoms. The van der Waals surface area contributed by atoms with Crippen molar-refractivity contribution in [2.24, 2.45) is 11.8 Å². The van der Waals surface area contributed by atoms with E-state index in [0.717, 1.165) is 12.3 Å². The smallest absolute Gasteiger partial charge is 0.207 e. The van der Waals surface area contributed by atoms with Gasteiger partial charge in [-0.2, -0.15) is 27.0 Å². The fourth-order valence-corrected chi connectivity index (χ4v) is 7.91. The predicted molar refractivity (Wildman–Crippen MR) is 134 cm³/mol. The van der Waals surface area contributed by atoms with Crippen molar-refractivity contribution >= 4 is 45.9 Å². The van der Waals surface area contributed by atoms with Gasteiger partial charge >= 0.3 is 0 Å². The highest BCUT2D eigenvalue weighted by atomic mass is 35.7. The molecule has 0 spiro atoms. The number of rotatable bonds is 3. The Bertz CT molecular complexity index is 456. The summed E-state index contributed by atoms with van der Waals surface area (Å²) in [4.78, 5) is 0. The summed E-state index contributed by atoms with van der Waals surface area (Å²) in [5, 5.41) is 10.1. The minimum atomic E-state index is -0.861. The summed E-state index contributed by atoms with van der Waals surface area (Å²) in [6.45, 7) is 13.1. The molecule has 28 heavy (non-hydrogen) atoms. The van der Waals surface area contributed by atoms with Gasteiger partial charge in [0.15, 0.2) is 0 Å². The lowest BCUT2D eigenvalue weighted by Crippen LogP contribution is -2.46. The van der Waals surface area contributed by atoms with Crippen molar-refractivity contribution in [2.45, 2.75) is 123 Å². The molecule has 0 bridgehead atoms. The minimum absolute atomic E-state index is 0. The Hall–Kier alpha value is 1.30. The Balaban J connectivity index is 0.000000492. The average molecular weight is 474 g/mol. The third kappa shape index (κ3) is 7.46. The predicted octanol–water partition coefficient (Wildman–Crippen LogP) is 7.09. The van der Waals surface area contributed by atoms with Gasteiger partial charge in [-0.3, -0.25) is 0 Å². The Morgan fingerprint density at radius 3 is 2.14 bits per heavy atom. The van der Waals surface area contributed by atoms with E-state index in [1.165, 1.54) is 51.4 Å². The highest BCUT2D eigenvalue weighted by molar-refractivity contribution is 7.78. The second kappa shape index (κ2) is 12.4. The molecule has 170 valence electrons. The SMILES string of the molecule is CC(C)C[C@H]1CCCC[C@]1(C)O.CC(C)N1[C@H]2CCCC[C@]2(C)OP1Cl.S.S. The monoisotopic (exact) mass is 473 g/mol. The van der Waals surface area contributed by atoms with Crippen molar-refractivity contribution in [3.05, 3.63) is 0 Å². The van der Waals surface area contributed by atoms with Gasteiger partial charge in [0.1, 0.15) is 0 Å². The van der Waals surface area contributed by atoms with E-state index < -0.39 is 7.65 Å². The summed E-state index contributed by atoms with van der Waals surface area (Å²) >= 11 is 6.31. The van der Waals surface area contributed by atoms with Gasteiger partial charge in [-0.25, -0.2) is 4.67 Å². The Kier molecular flexibility index (Phi) is 12.9. The Labute approximate surface area is 194 Å². The first kappa shape index (κ1) is 29.3. The highest BCUT2D eigenvalue weighted by Gasteiger charge is 2.52. The molecule has 1 N–H and O–H groups in total. The zero-order valence-electron chi connectivity index (χ0n) is 18.8. The van der Waals surface area contributed by atoms with Crippen molar-refractivity contribution in [1.29, 1.82) is 0 Å². The number of nitrogens with zero attached hydrogens (tertiary/aromatic N) is 1. The van der Waals surface area contributed by atoms with Crippen LogP contribution in [0.1, 0.15) is 99.3 Å². The zero-order chi connectivity index (χ0) is 19.5. The molecule has 0 aromatic carbocycles. The van der Waals surface area contributed by atoms with Gasteiger partial charge in [0, 0.05) is 12.1 Å². The summed E-state index contributed by atoms with van der Waals surface area (Å²) in [6.07, 6.45) is 11.0. The van der Waals surface area contributed by atoms with Crippen LogP contribution in [-0.2, 0) is 4.52 Å². The maximum atomic E-state index is 10.1. The standard InChI is InChI=1S/C11H22O.C10H19ClNOP.2H2S/c1-9(2)8-10-6-4-5-7-11(10,3)12;1-8(2)12-9-6-4-5-7-10(9,3)13-14(12)11;;/h9-10,12H,4-8H2,1-3H3;8-9H,4-7H2,1-3H3;2*1H2/t10-,11+;9-,10-,14?;;/m10../s1. The Morgan fingerprint density at radius 2 is 1.61 bits per heavy atom. The molecule has 3 aliphatic rings. The van der Waals surface area contributed by atoms with Gasteiger partial charge < -0.3 is 9.63 Å². The largest absolute Gasteiger partial charge is 0.390 e. The molecule has 1 heterocycles. The number of fused-ring (bicyclic) bond motifs is 1. The second-order valence-electron chi connectivity index (χ2n) is 9.79. The van der Waals surface area contributed by atoms with Crippen molar-refractivity contribution in [3.63, 3.8) is 0 Å². The van der Waals surface area contributed by atoms with Crippen LogP contribution >= 0.6 is 45.9 Å². The third-order valence-electron chi connectivity index (χ3n) is 6.54. The molecule has 1 saturated heterocycles. The summed E-state index contributed by atoms with van der Waals surface area (Å²) in [5.41, 5.74) is -0.335.